The van der Waals surface area contributed by atoms with Crippen molar-refractivity contribution in [2.45, 2.75) is 40.0 Å². The van der Waals surface area contributed by atoms with E-state index in [2.05, 4.69) is 15.9 Å². The van der Waals surface area contributed by atoms with Gasteiger partial charge in [-0.2, -0.15) is 0 Å². The molecule has 0 saturated carbocycles. The molecule has 1 N–H and O–H groups in total. The molecule has 1 heterocycles. The first-order valence-corrected chi connectivity index (χ1v) is 11.0. The Morgan fingerprint density at radius 1 is 1.10 bits per heavy atom. The molecule has 2 aromatic carbocycles. The monoisotopic (exact) mass is 472 g/mol. The summed E-state index contributed by atoms with van der Waals surface area (Å²) in [6.45, 7) is 5.15. The van der Waals surface area contributed by atoms with Gasteiger partial charge in [-0.05, 0) is 57.7 Å². The number of aromatic hydroxyl groups is 1. The zero-order chi connectivity index (χ0) is 21.9. The molecule has 0 aliphatic heterocycles. The molecule has 0 saturated heterocycles. The number of carbonyl (C=O) groups excluding carboxylic acids is 1. The van der Waals surface area contributed by atoms with Crippen molar-refractivity contribution in [3.05, 3.63) is 58.3 Å². The van der Waals surface area contributed by atoms with Crippen LogP contribution in [0, 0.1) is 5.41 Å². The summed E-state index contributed by atoms with van der Waals surface area (Å²) in [4.78, 5) is 24.8. The number of fused-ring (bicyclic) bond motifs is 1. The van der Waals surface area contributed by atoms with Crippen LogP contribution >= 0.6 is 15.9 Å². The summed E-state index contributed by atoms with van der Waals surface area (Å²) in [6, 6.07) is 12.1. The van der Waals surface area contributed by atoms with E-state index >= 15 is 0 Å². The Bertz CT molecular complexity index is 1110. The van der Waals surface area contributed by atoms with Gasteiger partial charge in [-0.15, -0.1) is 0 Å². The second-order valence-corrected chi connectivity index (χ2v) is 9.04. The molecule has 0 bridgehead atoms. The third kappa shape index (κ3) is 4.93. The molecule has 5 nitrogen and oxygen atoms in total. The fraction of sp³-hybridized carbons (Fsp3) is 0.333. The largest absolute Gasteiger partial charge is 0.502 e. The van der Waals surface area contributed by atoms with E-state index in [0.29, 0.717) is 5.76 Å². The Balaban J connectivity index is 1.96. The van der Waals surface area contributed by atoms with Crippen LogP contribution in [-0.2, 0) is 11.2 Å². The van der Waals surface area contributed by atoms with E-state index in [4.69, 9.17) is 9.15 Å². The normalized spacial score (nSPS) is 11.6. The number of alkyl halides is 1. The van der Waals surface area contributed by atoms with Gasteiger partial charge < -0.3 is 14.3 Å². The van der Waals surface area contributed by atoms with Gasteiger partial charge in [-0.3, -0.25) is 9.59 Å². The first-order chi connectivity index (χ1) is 14.2. The van der Waals surface area contributed by atoms with E-state index in [1.807, 2.05) is 24.3 Å². The van der Waals surface area contributed by atoms with Crippen molar-refractivity contribution in [1.82, 2.24) is 0 Å². The van der Waals surface area contributed by atoms with Crippen LogP contribution in [0.3, 0.4) is 0 Å². The van der Waals surface area contributed by atoms with Crippen molar-refractivity contribution in [3.8, 4) is 22.8 Å². The lowest BCUT2D eigenvalue weighted by molar-refractivity contribution is -0.143. The maximum atomic E-state index is 12.6. The van der Waals surface area contributed by atoms with E-state index < -0.39 is 11.4 Å². The molecule has 6 heteroatoms. The number of ether oxygens (including phenoxy) is 1. The fourth-order valence-electron chi connectivity index (χ4n) is 2.92. The second kappa shape index (κ2) is 9.04. The van der Waals surface area contributed by atoms with Crippen LogP contribution in [0.1, 0.15) is 39.2 Å². The maximum Gasteiger partial charge on any atom is 0.316 e. The molecular weight excluding hydrogens is 448 g/mol. The molecule has 0 radical (unpaired) electrons. The van der Waals surface area contributed by atoms with Gasteiger partial charge in [0.1, 0.15) is 5.76 Å². The lowest BCUT2D eigenvalue weighted by Crippen LogP contribution is -2.25. The molecule has 0 amide bonds. The molecule has 158 valence electrons. The van der Waals surface area contributed by atoms with Gasteiger partial charge in [0.25, 0.3) is 0 Å². The van der Waals surface area contributed by atoms with Crippen molar-refractivity contribution in [2.24, 2.45) is 5.41 Å². The predicted molar refractivity (Wildman–Crippen MR) is 121 cm³/mol. The molecule has 0 atom stereocenters. The van der Waals surface area contributed by atoms with E-state index in [-0.39, 0.29) is 27.9 Å². The average Bonchev–Trinajstić information content (AvgIpc) is 2.70. The summed E-state index contributed by atoms with van der Waals surface area (Å²) in [5, 5.41) is 11.8. The Hall–Kier alpha value is -2.60. The minimum absolute atomic E-state index is 0.00175. The summed E-state index contributed by atoms with van der Waals surface area (Å²) < 4.78 is 11.2. The Morgan fingerprint density at radius 3 is 2.43 bits per heavy atom. The molecule has 30 heavy (non-hydrogen) atoms. The number of aryl methyl sites for hydroxylation is 1. The van der Waals surface area contributed by atoms with Crippen LogP contribution in [0.5, 0.6) is 11.5 Å². The number of rotatable bonds is 6. The highest BCUT2D eigenvalue weighted by Gasteiger charge is 2.25. The number of phenolic OH excluding ortho intramolecular Hbond substituents is 1. The van der Waals surface area contributed by atoms with Gasteiger partial charge in [0.05, 0.1) is 10.8 Å². The Labute approximate surface area is 183 Å². The number of halogens is 1. The predicted octanol–water partition coefficient (Wildman–Crippen LogP) is 5.83. The van der Waals surface area contributed by atoms with Crippen molar-refractivity contribution in [2.75, 3.05) is 5.33 Å². The third-order valence-corrected chi connectivity index (χ3v) is 5.30. The number of carbonyl (C=O) groups is 1. The van der Waals surface area contributed by atoms with Gasteiger partial charge in [-0.25, -0.2) is 0 Å². The van der Waals surface area contributed by atoms with Gasteiger partial charge in [-0.1, -0.05) is 40.2 Å². The molecule has 0 aliphatic carbocycles. The lowest BCUT2D eigenvalue weighted by atomic mass is 9.97. The summed E-state index contributed by atoms with van der Waals surface area (Å²) in [6.07, 6.45) is 3.19. The number of phenols is 1. The molecule has 1 aromatic heterocycles. The van der Waals surface area contributed by atoms with Crippen LogP contribution < -0.4 is 10.2 Å². The van der Waals surface area contributed by atoms with Gasteiger partial charge in [0.15, 0.2) is 16.8 Å². The molecular formula is C24H25BrO5. The maximum absolute atomic E-state index is 12.6. The van der Waals surface area contributed by atoms with Gasteiger partial charge in [0, 0.05) is 17.0 Å². The molecule has 3 aromatic rings. The van der Waals surface area contributed by atoms with Crippen molar-refractivity contribution in [3.63, 3.8) is 0 Å². The Morgan fingerprint density at radius 2 is 1.80 bits per heavy atom. The van der Waals surface area contributed by atoms with E-state index in [1.54, 1.807) is 20.8 Å². The molecule has 0 unspecified atom stereocenters. The van der Waals surface area contributed by atoms with E-state index in [1.165, 1.54) is 23.8 Å². The van der Waals surface area contributed by atoms with Crippen molar-refractivity contribution in [1.29, 1.82) is 0 Å². The first kappa shape index (κ1) is 22.1. The number of unbranched alkanes of at least 4 members (excludes halogenated alkanes) is 1. The summed E-state index contributed by atoms with van der Waals surface area (Å²) in [5.41, 5.74) is 0.923. The van der Waals surface area contributed by atoms with Crippen LogP contribution in [0.4, 0.5) is 0 Å². The highest BCUT2D eigenvalue weighted by atomic mass is 79.9. The van der Waals surface area contributed by atoms with Crippen LogP contribution in [0.25, 0.3) is 22.3 Å². The Kier molecular flexibility index (Phi) is 6.66. The lowest BCUT2D eigenvalue weighted by Gasteiger charge is -2.17. The smallest absolute Gasteiger partial charge is 0.316 e. The quantitative estimate of drug-likeness (QED) is 0.211. The standard InChI is InChI=1S/C24H25BrO5/c1-24(2,3)23(28)30-19-12-11-17-18(26)14-20(29-22(17)21(19)27)16-9-7-15(8-10-16)6-4-5-13-25/h7-12,14,27H,4-6,13H2,1-3H3. The topological polar surface area (TPSA) is 76.7 Å². The molecule has 0 spiro atoms. The van der Waals surface area contributed by atoms with Crippen molar-refractivity contribution < 1.29 is 19.1 Å². The zero-order valence-corrected chi connectivity index (χ0v) is 18.9. The molecule has 0 fully saturated rings. The number of hydrogen-bond acceptors (Lipinski definition) is 5. The summed E-state index contributed by atoms with van der Waals surface area (Å²) >= 11 is 3.44. The number of benzene rings is 2. The first-order valence-electron chi connectivity index (χ1n) is 9.88. The summed E-state index contributed by atoms with van der Waals surface area (Å²) in [5.74, 6) is -0.555. The third-order valence-electron chi connectivity index (χ3n) is 4.74. The minimum atomic E-state index is -0.736. The van der Waals surface area contributed by atoms with E-state index in [9.17, 15) is 14.7 Å². The molecule has 3 rings (SSSR count). The molecule has 0 aliphatic rings. The summed E-state index contributed by atoms with van der Waals surface area (Å²) in [7, 11) is 0. The highest BCUT2D eigenvalue weighted by molar-refractivity contribution is 9.09. The fourth-order valence-corrected chi connectivity index (χ4v) is 3.32. The minimum Gasteiger partial charge on any atom is -0.502 e. The second-order valence-electron chi connectivity index (χ2n) is 8.25. The number of hydrogen-bond donors (Lipinski definition) is 1. The number of esters is 1. The highest BCUT2D eigenvalue weighted by Crippen LogP contribution is 2.36. The average molecular weight is 473 g/mol. The van der Waals surface area contributed by atoms with Crippen molar-refractivity contribution >= 4 is 32.9 Å². The van der Waals surface area contributed by atoms with Crippen LogP contribution in [-0.4, -0.2) is 16.4 Å². The SMILES string of the molecule is CC(C)(C)C(=O)Oc1ccc2c(=O)cc(-c3ccc(CCCCBr)cc3)oc2c1O. The van der Waals surface area contributed by atoms with Gasteiger partial charge >= 0.3 is 5.97 Å². The van der Waals surface area contributed by atoms with Gasteiger partial charge in [0.2, 0.25) is 5.75 Å². The van der Waals surface area contributed by atoms with E-state index in [0.717, 1.165) is 30.2 Å². The zero-order valence-electron chi connectivity index (χ0n) is 17.3. The van der Waals surface area contributed by atoms with Crippen LogP contribution in [0.15, 0.2) is 51.7 Å². The van der Waals surface area contributed by atoms with Crippen LogP contribution in [0.2, 0.25) is 0 Å².